The van der Waals surface area contributed by atoms with Crippen molar-refractivity contribution >= 4 is 27.3 Å². The van der Waals surface area contributed by atoms with Crippen molar-refractivity contribution in [3.8, 4) is 0 Å². The quantitative estimate of drug-likeness (QED) is 0.921. The summed E-state index contributed by atoms with van der Waals surface area (Å²) in [7, 11) is 1.84. The summed E-state index contributed by atoms with van der Waals surface area (Å²) in [4.78, 5) is 4.42. The molecule has 0 saturated heterocycles. The number of thiazole rings is 1. The lowest BCUT2D eigenvalue weighted by atomic mass is 10.0. The number of likely N-dealkylation sites (N-methyl/N-ethyl adjacent to an activating group) is 1. The zero-order chi connectivity index (χ0) is 13.1. The van der Waals surface area contributed by atoms with Crippen LogP contribution >= 0.6 is 27.3 Å². The molecule has 18 heavy (non-hydrogen) atoms. The molecule has 1 aromatic heterocycles. The first-order valence-electron chi connectivity index (χ1n) is 5.63. The number of rotatable bonds is 4. The molecular formula is C13H14BrFN2S. The van der Waals surface area contributed by atoms with Gasteiger partial charge in [0, 0.05) is 27.9 Å². The van der Waals surface area contributed by atoms with Crippen LogP contribution in [0.3, 0.4) is 0 Å². The predicted octanol–water partition coefficient (Wildman–Crippen LogP) is 3.86. The molecule has 0 radical (unpaired) electrons. The third-order valence-corrected chi connectivity index (χ3v) is 4.08. The third kappa shape index (κ3) is 3.16. The van der Waals surface area contributed by atoms with Crippen LogP contribution in [0, 0.1) is 12.7 Å². The van der Waals surface area contributed by atoms with Crippen molar-refractivity contribution in [1.82, 2.24) is 10.3 Å². The molecule has 0 aliphatic rings. The standard InChI is InChI=1S/C13H14BrFN2S/c1-8-17-10(7-18-8)6-13(16-2)11-5-9(14)3-4-12(11)15/h3-5,7,13,16H,6H2,1-2H3. The molecule has 0 saturated carbocycles. The number of nitrogens with zero attached hydrogens (tertiary/aromatic N) is 1. The summed E-state index contributed by atoms with van der Waals surface area (Å²) in [5.41, 5.74) is 1.66. The van der Waals surface area contributed by atoms with E-state index >= 15 is 0 Å². The number of aromatic nitrogens is 1. The van der Waals surface area contributed by atoms with Crippen molar-refractivity contribution in [3.63, 3.8) is 0 Å². The molecule has 0 aliphatic carbocycles. The lowest BCUT2D eigenvalue weighted by Crippen LogP contribution is -2.20. The molecule has 1 heterocycles. The first-order chi connectivity index (χ1) is 8.60. The lowest BCUT2D eigenvalue weighted by molar-refractivity contribution is 0.530. The topological polar surface area (TPSA) is 24.9 Å². The highest BCUT2D eigenvalue weighted by atomic mass is 79.9. The van der Waals surface area contributed by atoms with Gasteiger partial charge in [0.2, 0.25) is 0 Å². The number of benzene rings is 1. The molecule has 2 nitrogen and oxygen atoms in total. The van der Waals surface area contributed by atoms with Crippen molar-refractivity contribution in [2.24, 2.45) is 0 Å². The fourth-order valence-electron chi connectivity index (χ4n) is 1.86. The molecule has 0 bridgehead atoms. The van der Waals surface area contributed by atoms with E-state index < -0.39 is 0 Å². The van der Waals surface area contributed by atoms with Gasteiger partial charge >= 0.3 is 0 Å². The minimum Gasteiger partial charge on any atom is -0.313 e. The van der Waals surface area contributed by atoms with Gasteiger partial charge in [0.05, 0.1) is 10.7 Å². The lowest BCUT2D eigenvalue weighted by Gasteiger charge is -2.16. The number of nitrogens with one attached hydrogen (secondary N) is 1. The molecule has 0 aliphatic heterocycles. The Bertz CT molecular complexity index is 542. The Morgan fingerprint density at radius 1 is 1.50 bits per heavy atom. The Balaban J connectivity index is 2.25. The van der Waals surface area contributed by atoms with Gasteiger partial charge in [-0.15, -0.1) is 11.3 Å². The molecule has 0 amide bonds. The van der Waals surface area contributed by atoms with Gasteiger partial charge in [0.1, 0.15) is 5.82 Å². The van der Waals surface area contributed by atoms with Gasteiger partial charge in [-0.05, 0) is 32.2 Å². The summed E-state index contributed by atoms with van der Waals surface area (Å²) in [6, 6.07) is 4.94. The van der Waals surface area contributed by atoms with Crippen molar-refractivity contribution in [1.29, 1.82) is 0 Å². The Kier molecular flexibility index (Phi) is 4.48. The van der Waals surface area contributed by atoms with Crippen LogP contribution in [0.15, 0.2) is 28.1 Å². The summed E-state index contributed by atoms with van der Waals surface area (Å²) in [6.45, 7) is 1.97. The Hall–Kier alpha value is -0.780. The average molecular weight is 329 g/mol. The van der Waals surface area contributed by atoms with E-state index in [1.807, 2.05) is 25.4 Å². The maximum absolute atomic E-state index is 13.8. The third-order valence-electron chi connectivity index (χ3n) is 2.76. The van der Waals surface area contributed by atoms with E-state index in [1.165, 1.54) is 6.07 Å². The van der Waals surface area contributed by atoms with Gasteiger partial charge < -0.3 is 5.32 Å². The van der Waals surface area contributed by atoms with Gasteiger partial charge in [-0.2, -0.15) is 0 Å². The van der Waals surface area contributed by atoms with Crippen LogP contribution in [0.1, 0.15) is 22.3 Å². The molecular weight excluding hydrogens is 315 g/mol. The maximum Gasteiger partial charge on any atom is 0.128 e. The van der Waals surface area contributed by atoms with Gasteiger partial charge in [-0.3, -0.25) is 0 Å². The largest absolute Gasteiger partial charge is 0.313 e. The predicted molar refractivity (Wildman–Crippen MR) is 76.5 cm³/mol. The molecule has 1 atom stereocenters. The number of aryl methyl sites for hydroxylation is 1. The fourth-order valence-corrected chi connectivity index (χ4v) is 2.86. The van der Waals surface area contributed by atoms with E-state index in [9.17, 15) is 4.39 Å². The van der Waals surface area contributed by atoms with Crippen molar-refractivity contribution in [2.45, 2.75) is 19.4 Å². The molecule has 0 spiro atoms. The van der Waals surface area contributed by atoms with Crippen molar-refractivity contribution in [3.05, 3.63) is 50.1 Å². The van der Waals surface area contributed by atoms with Crippen LogP contribution < -0.4 is 5.32 Å². The van der Waals surface area contributed by atoms with E-state index in [1.54, 1.807) is 17.4 Å². The Labute approximate surface area is 118 Å². The van der Waals surface area contributed by atoms with Crippen LogP contribution in [0.5, 0.6) is 0 Å². The van der Waals surface area contributed by atoms with E-state index in [-0.39, 0.29) is 11.9 Å². The highest BCUT2D eigenvalue weighted by molar-refractivity contribution is 9.10. The van der Waals surface area contributed by atoms with Crippen molar-refractivity contribution < 1.29 is 4.39 Å². The fraction of sp³-hybridized carbons (Fsp3) is 0.308. The Morgan fingerprint density at radius 3 is 2.89 bits per heavy atom. The van der Waals surface area contributed by atoms with Crippen LogP contribution in [0.2, 0.25) is 0 Å². The van der Waals surface area contributed by atoms with E-state index in [0.717, 1.165) is 15.2 Å². The maximum atomic E-state index is 13.8. The second kappa shape index (κ2) is 5.91. The number of hydrogen-bond acceptors (Lipinski definition) is 3. The van der Waals surface area contributed by atoms with Gasteiger partial charge in [-0.25, -0.2) is 9.37 Å². The van der Waals surface area contributed by atoms with Crippen LogP contribution in [-0.2, 0) is 6.42 Å². The molecule has 1 N–H and O–H groups in total. The van der Waals surface area contributed by atoms with Gasteiger partial charge in [-0.1, -0.05) is 15.9 Å². The minimum absolute atomic E-state index is 0.0657. The van der Waals surface area contributed by atoms with Gasteiger partial charge in [0.25, 0.3) is 0 Å². The first kappa shape index (κ1) is 13.6. The molecule has 2 aromatic rings. The molecule has 5 heteroatoms. The van der Waals surface area contributed by atoms with E-state index in [2.05, 4.69) is 26.2 Å². The summed E-state index contributed by atoms with van der Waals surface area (Å²) < 4.78 is 14.7. The van der Waals surface area contributed by atoms with Crippen LogP contribution in [0.25, 0.3) is 0 Å². The summed E-state index contributed by atoms with van der Waals surface area (Å²) in [5, 5.41) is 6.21. The zero-order valence-electron chi connectivity index (χ0n) is 10.2. The zero-order valence-corrected chi connectivity index (χ0v) is 12.6. The molecule has 0 fully saturated rings. The van der Waals surface area contributed by atoms with E-state index in [4.69, 9.17) is 0 Å². The van der Waals surface area contributed by atoms with Gasteiger partial charge in [0.15, 0.2) is 0 Å². The number of hydrogen-bond donors (Lipinski definition) is 1. The average Bonchev–Trinajstić information content (AvgIpc) is 2.75. The van der Waals surface area contributed by atoms with Crippen LogP contribution in [0.4, 0.5) is 4.39 Å². The van der Waals surface area contributed by atoms with Crippen molar-refractivity contribution in [2.75, 3.05) is 7.05 Å². The summed E-state index contributed by atoms with van der Waals surface area (Å²) in [5.74, 6) is -0.190. The molecule has 96 valence electrons. The second-order valence-electron chi connectivity index (χ2n) is 4.07. The smallest absolute Gasteiger partial charge is 0.128 e. The SMILES string of the molecule is CNC(Cc1csc(C)n1)c1cc(Br)ccc1F. The summed E-state index contributed by atoms with van der Waals surface area (Å²) >= 11 is 4.99. The normalized spacial score (nSPS) is 12.7. The summed E-state index contributed by atoms with van der Waals surface area (Å²) in [6.07, 6.45) is 0.689. The number of halogens is 2. The highest BCUT2D eigenvalue weighted by Crippen LogP contribution is 2.25. The Morgan fingerprint density at radius 2 is 2.28 bits per heavy atom. The minimum atomic E-state index is -0.190. The van der Waals surface area contributed by atoms with Crippen LogP contribution in [-0.4, -0.2) is 12.0 Å². The molecule has 2 rings (SSSR count). The first-order valence-corrected chi connectivity index (χ1v) is 7.30. The second-order valence-corrected chi connectivity index (χ2v) is 6.05. The molecule has 1 unspecified atom stereocenters. The highest BCUT2D eigenvalue weighted by Gasteiger charge is 2.16. The monoisotopic (exact) mass is 328 g/mol. The molecule has 1 aromatic carbocycles. The van der Waals surface area contributed by atoms with E-state index in [0.29, 0.717) is 12.0 Å².